The zero-order chi connectivity index (χ0) is 17.6. The molecule has 0 N–H and O–H groups in total. The Labute approximate surface area is 138 Å². The molecule has 0 amide bonds. The maximum atomic E-state index is 12.2. The summed E-state index contributed by atoms with van der Waals surface area (Å²) in [6.45, 7) is 7.35. The van der Waals surface area contributed by atoms with Crippen molar-refractivity contribution in [3.05, 3.63) is 29.3 Å². The second kappa shape index (κ2) is 7.90. The van der Waals surface area contributed by atoms with Gasteiger partial charge in [-0.2, -0.15) is 0 Å². The van der Waals surface area contributed by atoms with Gasteiger partial charge in [0.05, 0.1) is 21.3 Å². The van der Waals surface area contributed by atoms with E-state index in [4.69, 9.17) is 18.9 Å². The number of hydrogen-bond acceptors (Lipinski definition) is 5. The number of ether oxygens (including phenoxy) is 4. The molecule has 5 nitrogen and oxygen atoms in total. The van der Waals surface area contributed by atoms with E-state index in [9.17, 15) is 4.79 Å². The quantitative estimate of drug-likeness (QED) is 0.592. The summed E-state index contributed by atoms with van der Waals surface area (Å²) in [5.74, 6) is 1.31. The lowest BCUT2D eigenvalue weighted by Gasteiger charge is -2.21. The molecule has 23 heavy (non-hydrogen) atoms. The molecule has 5 heteroatoms. The number of allylic oxidation sites excluding steroid dienone is 1. The van der Waals surface area contributed by atoms with E-state index >= 15 is 0 Å². The number of rotatable bonds is 6. The van der Waals surface area contributed by atoms with E-state index in [-0.39, 0.29) is 5.97 Å². The third-order valence-electron chi connectivity index (χ3n) is 3.13. The minimum absolute atomic E-state index is 0.325. The van der Waals surface area contributed by atoms with Crippen LogP contribution in [0.5, 0.6) is 17.2 Å². The number of esters is 1. The molecule has 1 aromatic rings. The van der Waals surface area contributed by atoms with Gasteiger partial charge in [0.1, 0.15) is 5.60 Å². The van der Waals surface area contributed by atoms with Gasteiger partial charge in [0.2, 0.25) is 5.75 Å². The molecule has 128 valence electrons. The van der Waals surface area contributed by atoms with Crippen molar-refractivity contribution in [2.75, 3.05) is 21.3 Å². The maximum absolute atomic E-state index is 12.2. The van der Waals surface area contributed by atoms with Crippen molar-refractivity contribution in [3.8, 4) is 17.2 Å². The molecule has 0 fully saturated rings. The van der Waals surface area contributed by atoms with Crippen molar-refractivity contribution in [1.29, 1.82) is 0 Å². The highest BCUT2D eigenvalue weighted by Gasteiger charge is 2.21. The second-order valence-electron chi connectivity index (χ2n) is 6.03. The smallest absolute Gasteiger partial charge is 0.334 e. The summed E-state index contributed by atoms with van der Waals surface area (Å²) < 4.78 is 21.4. The van der Waals surface area contributed by atoms with Crippen LogP contribution in [-0.4, -0.2) is 32.9 Å². The van der Waals surface area contributed by atoms with E-state index in [1.54, 1.807) is 27.4 Å². The van der Waals surface area contributed by atoms with Crippen molar-refractivity contribution in [3.63, 3.8) is 0 Å². The Morgan fingerprint density at radius 3 is 1.91 bits per heavy atom. The molecule has 0 spiro atoms. The number of benzene rings is 1. The average Bonchev–Trinajstić information content (AvgIpc) is 2.49. The van der Waals surface area contributed by atoms with E-state index in [0.29, 0.717) is 29.2 Å². The van der Waals surface area contributed by atoms with E-state index in [0.717, 1.165) is 5.56 Å². The molecule has 0 saturated heterocycles. The van der Waals surface area contributed by atoms with Crippen LogP contribution in [0, 0.1) is 0 Å². The second-order valence-corrected chi connectivity index (χ2v) is 6.03. The standard InChI is InChI=1S/C18H26O5/c1-8-13(17(19)23-18(2,3)4)9-12-10-14(20-5)16(22-7)15(11-12)21-6/h8,10-11H,9H2,1-7H3/b13-8+. The van der Waals surface area contributed by atoms with Crippen LogP contribution in [0.4, 0.5) is 0 Å². The van der Waals surface area contributed by atoms with Crippen LogP contribution in [0.2, 0.25) is 0 Å². The first-order valence-electron chi connectivity index (χ1n) is 7.43. The van der Waals surface area contributed by atoms with Crippen molar-refractivity contribution >= 4 is 5.97 Å². The Hall–Kier alpha value is -2.17. The molecule has 0 heterocycles. The van der Waals surface area contributed by atoms with E-state index in [2.05, 4.69) is 0 Å². The highest BCUT2D eigenvalue weighted by atomic mass is 16.6. The van der Waals surface area contributed by atoms with E-state index in [1.165, 1.54) is 0 Å². The van der Waals surface area contributed by atoms with Gasteiger partial charge in [-0.15, -0.1) is 0 Å². The largest absolute Gasteiger partial charge is 0.493 e. The fraction of sp³-hybridized carbons (Fsp3) is 0.500. The molecular formula is C18H26O5. The Balaban J connectivity index is 3.09. The molecule has 0 aliphatic rings. The Morgan fingerprint density at radius 2 is 1.57 bits per heavy atom. The summed E-state index contributed by atoms with van der Waals surface area (Å²) in [7, 11) is 4.68. The van der Waals surface area contributed by atoms with Gasteiger partial charge < -0.3 is 18.9 Å². The summed E-state index contributed by atoms with van der Waals surface area (Å²) in [5.41, 5.74) is 0.924. The molecule has 0 aliphatic carbocycles. The monoisotopic (exact) mass is 322 g/mol. The summed E-state index contributed by atoms with van der Waals surface area (Å²) in [6, 6.07) is 3.66. The fourth-order valence-electron chi connectivity index (χ4n) is 2.09. The van der Waals surface area contributed by atoms with Crippen LogP contribution in [0.15, 0.2) is 23.8 Å². The molecule has 0 saturated carbocycles. The molecule has 0 radical (unpaired) electrons. The van der Waals surface area contributed by atoms with Gasteiger partial charge in [0.25, 0.3) is 0 Å². The van der Waals surface area contributed by atoms with Gasteiger partial charge >= 0.3 is 5.97 Å². The minimum atomic E-state index is -0.527. The lowest BCUT2D eigenvalue weighted by Crippen LogP contribution is -2.25. The first-order valence-corrected chi connectivity index (χ1v) is 7.43. The number of methoxy groups -OCH3 is 3. The van der Waals surface area contributed by atoms with Crippen LogP contribution in [-0.2, 0) is 16.0 Å². The molecule has 0 aromatic heterocycles. The lowest BCUT2D eigenvalue weighted by atomic mass is 10.0. The van der Waals surface area contributed by atoms with E-state index < -0.39 is 5.60 Å². The molecule has 1 aromatic carbocycles. The normalized spacial score (nSPS) is 11.9. The SMILES string of the molecule is C/C=C(\Cc1cc(OC)c(OC)c(OC)c1)C(=O)OC(C)(C)C. The number of carbonyl (C=O) groups excluding carboxylic acids is 1. The fourth-order valence-corrected chi connectivity index (χ4v) is 2.09. The first kappa shape index (κ1) is 18.9. The summed E-state index contributed by atoms with van der Waals surface area (Å²) >= 11 is 0. The van der Waals surface area contributed by atoms with Crippen LogP contribution in [0.25, 0.3) is 0 Å². The van der Waals surface area contributed by atoms with Gasteiger partial charge in [-0.05, 0) is 45.4 Å². The van der Waals surface area contributed by atoms with Crippen LogP contribution in [0.3, 0.4) is 0 Å². The van der Waals surface area contributed by atoms with Gasteiger partial charge in [0, 0.05) is 12.0 Å². The molecule has 0 unspecified atom stereocenters. The third kappa shape index (κ3) is 5.20. The van der Waals surface area contributed by atoms with Crippen molar-refractivity contribution in [2.45, 2.75) is 39.7 Å². The topological polar surface area (TPSA) is 54.0 Å². The van der Waals surface area contributed by atoms with Crippen LogP contribution >= 0.6 is 0 Å². The zero-order valence-electron chi connectivity index (χ0n) is 15.0. The van der Waals surface area contributed by atoms with Crippen molar-refractivity contribution in [1.82, 2.24) is 0 Å². The highest BCUT2D eigenvalue weighted by Crippen LogP contribution is 2.38. The molecular weight excluding hydrogens is 296 g/mol. The van der Waals surface area contributed by atoms with Crippen molar-refractivity contribution < 1.29 is 23.7 Å². The molecule has 0 bridgehead atoms. The Bertz CT molecular complexity index is 557. The minimum Gasteiger partial charge on any atom is -0.493 e. The maximum Gasteiger partial charge on any atom is 0.334 e. The Morgan fingerprint density at radius 1 is 1.04 bits per heavy atom. The summed E-state index contributed by atoms with van der Waals surface area (Å²) in [6.07, 6.45) is 2.18. The van der Waals surface area contributed by atoms with Gasteiger partial charge in [-0.1, -0.05) is 6.08 Å². The predicted octanol–water partition coefficient (Wildman–Crippen LogP) is 3.54. The molecule has 0 atom stereocenters. The van der Waals surface area contributed by atoms with Crippen LogP contribution in [0.1, 0.15) is 33.3 Å². The third-order valence-corrected chi connectivity index (χ3v) is 3.13. The van der Waals surface area contributed by atoms with E-state index in [1.807, 2.05) is 39.8 Å². The van der Waals surface area contributed by atoms with Gasteiger partial charge in [0.15, 0.2) is 11.5 Å². The zero-order valence-corrected chi connectivity index (χ0v) is 15.0. The van der Waals surface area contributed by atoms with Crippen molar-refractivity contribution in [2.24, 2.45) is 0 Å². The Kier molecular flexibility index (Phi) is 6.49. The summed E-state index contributed by atoms with van der Waals surface area (Å²) in [5, 5.41) is 0. The van der Waals surface area contributed by atoms with Gasteiger partial charge in [-0.3, -0.25) is 0 Å². The van der Waals surface area contributed by atoms with Crippen LogP contribution < -0.4 is 14.2 Å². The average molecular weight is 322 g/mol. The number of hydrogen-bond donors (Lipinski definition) is 0. The lowest BCUT2D eigenvalue weighted by molar-refractivity contribution is -0.150. The first-order chi connectivity index (χ1) is 10.8. The molecule has 1 rings (SSSR count). The summed E-state index contributed by atoms with van der Waals surface area (Å²) in [4.78, 5) is 12.2. The molecule has 0 aliphatic heterocycles. The predicted molar refractivity (Wildman–Crippen MR) is 89.4 cm³/mol. The van der Waals surface area contributed by atoms with Gasteiger partial charge in [-0.25, -0.2) is 4.79 Å². The highest BCUT2D eigenvalue weighted by molar-refractivity contribution is 5.89. The number of carbonyl (C=O) groups is 1.